The van der Waals surface area contributed by atoms with Crippen LogP contribution in [0, 0.1) is 6.92 Å². The SMILES string of the molecule is Cc1cccc(-c2nc(CN[C@@H](C)CCc3ccccc3)no2)c1. The Morgan fingerprint density at radius 3 is 2.71 bits per heavy atom. The smallest absolute Gasteiger partial charge is 0.257 e. The summed E-state index contributed by atoms with van der Waals surface area (Å²) < 4.78 is 5.37. The molecule has 1 atom stereocenters. The molecule has 24 heavy (non-hydrogen) atoms. The van der Waals surface area contributed by atoms with Crippen LogP contribution in [0.15, 0.2) is 59.1 Å². The molecule has 1 aromatic heterocycles. The molecule has 3 aromatic rings. The highest BCUT2D eigenvalue weighted by Crippen LogP contribution is 2.18. The predicted molar refractivity (Wildman–Crippen MR) is 95.5 cm³/mol. The van der Waals surface area contributed by atoms with Crippen LogP contribution in [0.4, 0.5) is 0 Å². The monoisotopic (exact) mass is 321 g/mol. The first-order chi connectivity index (χ1) is 11.7. The second kappa shape index (κ2) is 7.88. The van der Waals surface area contributed by atoms with Crippen molar-refractivity contribution in [3.63, 3.8) is 0 Å². The standard InChI is InChI=1S/C20H23N3O/c1-15-7-6-10-18(13-15)20-22-19(23-24-20)14-21-16(2)11-12-17-8-4-3-5-9-17/h3-10,13,16,21H,11-12,14H2,1-2H3/t16-/m0/s1. The summed E-state index contributed by atoms with van der Waals surface area (Å²) in [7, 11) is 0. The van der Waals surface area contributed by atoms with Crippen LogP contribution in [0.25, 0.3) is 11.5 Å². The van der Waals surface area contributed by atoms with Crippen molar-refractivity contribution in [2.45, 2.75) is 39.3 Å². The summed E-state index contributed by atoms with van der Waals surface area (Å²) in [5.41, 5.74) is 3.51. The highest BCUT2D eigenvalue weighted by Gasteiger charge is 2.10. The first-order valence-electron chi connectivity index (χ1n) is 8.37. The molecule has 1 heterocycles. The van der Waals surface area contributed by atoms with Crippen LogP contribution in [-0.4, -0.2) is 16.2 Å². The maximum Gasteiger partial charge on any atom is 0.257 e. The lowest BCUT2D eigenvalue weighted by atomic mass is 10.1. The van der Waals surface area contributed by atoms with Crippen LogP contribution in [0.3, 0.4) is 0 Å². The van der Waals surface area contributed by atoms with Gasteiger partial charge in [0, 0.05) is 11.6 Å². The Hall–Kier alpha value is -2.46. The van der Waals surface area contributed by atoms with E-state index in [9.17, 15) is 0 Å². The van der Waals surface area contributed by atoms with E-state index in [1.54, 1.807) is 0 Å². The van der Waals surface area contributed by atoms with Gasteiger partial charge in [0.05, 0.1) is 6.54 Å². The van der Waals surface area contributed by atoms with Gasteiger partial charge in [-0.1, -0.05) is 53.2 Å². The molecule has 2 aromatic carbocycles. The van der Waals surface area contributed by atoms with E-state index in [4.69, 9.17) is 4.52 Å². The molecule has 0 aliphatic carbocycles. The minimum atomic E-state index is 0.395. The van der Waals surface area contributed by atoms with Crippen LogP contribution >= 0.6 is 0 Å². The Labute approximate surface area is 142 Å². The molecule has 0 radical (unpaired) electrons. The fourth-order valence-electron chi connectivity index (χ4n) is 2.62. The first kappa shape index (κ1) is 16.4. The number of aryl methyl sites for hydroxylation is 2. The minimum absolute atomic E-state index is 0.395. The molecule has 0 aliphatic rings. The number of nitrogens with zero attached hydrogens (tertiary/aromatic N) is 2. The molecule has 124 valence electrons. The summed E-state index contributed by atoms with van der Waals surface area (Å²) >= 11 is 0. The molecule has 0 amide bonds. The average Bonchev–Trinajstić information content (AvgIpc) is 3.08. The van der Waals surface area contributed by atoms with Crippen molar-refractivity contribution >= 4 is 0 Å². The van der Waals surface area contributed by atoms with Gasteiger partial charge in [-0.05, 0) is 44.4 Å². The lowest BCUT2D eigenvalue weighted by Crippen LogP contribution is -2.26. The van der Waals surface area contributed by atoms with Crippen molar-refractivity contribution in [1.29, 1.82) is 0 Å². The van der Waals surface area contributed by atoms with Crippen LogP contribution in [-0.2, 0) is 13.0 Å². The zero-order valence-electron chi connectivity index (χ0n) is 14.2. The van der Waals surface area contributed by atoms with Crippen molar-refractivity contribution in [3.8, 4) is 11.5 Å². The van der Waals surface area contributed by atoms with Crippen LogP contribution in [0.1, 0.15) is 30.3 Å². The molecule has 0 saturated carbocycles. The summed E-state index contributed by atoms with van der Waals surface area (Å²) in [5, 5.41) is 7.52. The Morgan fingerprint density at radius 2 is 1.92 bits per heavy atom. The minimum Gasteiger partial charge on any atom is -0.334 e. The molecule has 0 saturated heterocycles. The lowest BCUT2D eigenvalue weighted by molar-refractivity contribution is 0.414. The Morgan fingerprint density at radius 1 is 1.08 bits per heavy atom. The zero-order valence-corrected chi connectivity index (χ0v) is 14.2. The highest BCUT2D eigenvalue weighted by atomic mass is 16.5. The number of nitrogens with one attached hydrogen (secondary N) is 1. The van der Waals surface area contributed by atoms with Gasteiger partial charge in [0.25, 0.3) is 5.89 Å². The third-order valence-electron chi connectivity index (χ3n) is 4.05. The molecule has 3 rings (SSSR count). The van der Waals surface area contributed by atoms with Gasteiger partial charge in [0.2, 0.25) is 0 Å². The van der Waals surface area contributed by atoms with Crippen molar-refractivity contribution in [3.05, 3.63) is 71.5 Å². The second-order valence-electron chi connectivity index (χ2n) is 6.19. The third kappa shape index (κ3) is 4.52. The Kier molecular flexibility index (Phi) is 5.39. The van der Waals surface area contributed by atoms with E-state index in [-0.39, 0.29) is 0 Å². The molecule has 0 fully saturated rings. The molecule has 1 N–H and O–H groups in total. The van der Waals surface area contributed by atoms with E-state index >= 15 is 0 Å². The molecule has 0 aliphatic heterocycles. The Balaban J connectivity index is 1.50. The van der Waals surface area contributed by atoms with E-state index < -0.39 is 0 Å². The third-order valence-corrected chi connectivity index (χ3v) is 4.05. The van der Waals surface area contributed by atoms with Crippen molar-refractivity contribution in [2.75, 3.05) is 0 Å². The van der Waals surface area contributed by atoms with E-state index in [2.05, 4.69) is 59.6 Å². The number of rotatable bonds is 7. The normalized spacial score (nSPS) is 12.2. The largest absolute Gasteiger partial charge is 0.334 e. The van der Waals surface area contributed by atoms with E-state index in [1.165, 1.54) is 11.1 Å². The highest BCUT2D eigenvalue weighted by molar-refractivity contribution is 5.53. The molecular formula is C20H23N3O. The summed E-state index contributed by atoms with van der Waals surface area (Å²) in [5.74, 6) is 1.27. The molecule has 0 bridgehead atoms. The zero-order chi connectivity index (χ0) is 16.8. The van der Waals surface area contributed by atoms with Gasteiger partial charge in [-0.25, -0.2) is 0 Å². The molecular weight excluding hydrogens is 298 g/mol. The topological polar surface area (TPSA) is 51.0 Å². The maximum atomic E-state index is 5.37. The van der Waals surface area contributed by atoms with Gasteiger partial charge >= 0.3 is 0 Å². The van der Waals surface area contributed by atoms with E-state index in [1.807, 2.05) is 24.3 Å². The van der Waals surface area contributed by atoms with E-state index in [0.29, 0.717) is 24.3 Å². The average molecular weight is 321 g/mol. The molecule has 4 nitrogen and oxygen atoms in total. The summed E-state index contributed by atoms with van der Waals surface area (Å²) in [6.45, 7) is 4.85. The first-order valence-corrected chi connectivity index (χ1v) is 8.37. The summed E-state index contributed by atoms with van der Waals surface area (Å²) in [6, 6.07) is 19.0. The van der Waals surface area contributed by atoms with Crippen molar-refractivity contribution < 1.29 is 4.52 Å². The second-order valence-corrected chi connectivity index (χ2v) is 6.19. The van der Waals surface area contributed by atoms with Crippen molar-refractivity contribution in [2.24, 2.45) is 0 Å². The lowest BCUT2D eigenvalue weighted by Gasteiger charge is -2.12. The van der Waals surface area contributed by atoms with Gasteiger partial charge in [-0.3, -0.25) is 0 Å². The predicted octanol–water partition coefficient (Wildman–Crippen LogP) is 4.16. The fourth-order valence-corrected chi connectivity index (χ4v) is 2.62. The van der Waals surface area contributed by atoms with E-state index in [0.717, 1.165) is 18.4 Å². The van der Waals surface area contributed by atoms with Crippen molar-refractivity contribution in [1.82, 2.24) is 15.5 Å². The van der Waals surface area contributed by atoms with Crippen LogP contribution in [0.2, 0.25) is 0 Å². The summed E-state index contributed by atoms with van der Waals surface area (Å²) in [4.78, 5) is 4.47. The van der Waals surface area contributed by atoms with Gasteiger partial charge in [0.1, 0.15) is 0 Å². The quantitative estimate of drug-likeness (QED) is 0.710. The Bertz CT molecular complexity index is 767. The summed E-state index contributed by atoms with van der Waals surface area (Å²) in [6.07, 6.45) is 2.14. The number of aromatic nitrogens is 2. The molecule has 4 heteroatoms. The van der Waals surface area contributed by atoms with Crippen LogP contribution < -0.4 is 5.32 Å². The number of hydrogen-bond donors (Lipinski definition) is 1. The van der Waals surface area contributed by atoms with Gasteiger partial charge in [-0.15, -0.1) is 0 Å². The maximum absolute atomic E-state index is 5.37. The fraction of sp³-hybridized carbons (Fsp3) is 0.300. The van der Waals surface area contributed by atoms with Gasteiger partial charge < -0.3 is 9.84 Å². The van der Waals surface area contributed by atoms with Gasteiger partial charge in [-0.2, -0.15) is 4.98 Å². The van der Waals surface area contributed by atoms with Gasteiger partial charge in [0.15, 0.2) is 5.82 Å². The number of hydrogen-bond acceptors (Lipinski definition) is 4. The molecule has 0 spiro atoms. The number of benzene rings is 2. The van der Waals surface area contributed by atoms with Crippen LogP contribution in [0.5, 0.6) is 0 Å². The molecule has 0 unspecified atom stereocenters.